The highest BCUT2D eigenvalue weighted by Gasteiger charge is 2.32. The maximum absolute atomic E-state index is 12.1. The molecule has 7 heteroatoms. The molecule has 1 rings (SSSR count). The van der Waals surface area contributed by atoms with E-state index in [1.165, 1.54) is 0 Å². The molecular formula is C9H19NO5S. The van der Waals surface area contributed by atoms with E-state index in [1.54, 1.807) is 0 Å². The normalized spacial score (nSPS) is 19.2. The second-order valence-electron chi connectivity index (χ2n) is 3.70. The lowest BCUT2D eigenvalue weighted by atomic mass is 10.2. The molecule has 6 nitrogen and oxygen atoms in total. The topological polar surface area (TPSA) is 87.1 Å². The van der Waals surface area contributed by atoms with Crippen molar-refractivity contribution in [1.29, 1.82) is 0 Å². The second kappa shape index (κ2) is 6.51. The highest BCUT2D eigenvalue weighted by molar-refractivity contribution is 7.89. The molecular weight excluding hydrogens is 234 g/mol. The molecule has 0 aromatic rings. The molecule has 0 amide bonds. The first-order valence-corrected chi connectivity index (χ1v) is 6.91. The third-order valence-corrected chi connectivity index (χ3v) is 5.05. The largest absolute Gasteiger partial charge is 0.395 e. The Morgan fingerprint density at radius 1 is 1.12 bits per heavy atom. The monoisotopic (exact) mass is 253 g/mol. The van der Waals surface area contributed by atoms with Gasteiger partial charge in [0, 0.05) is 26.3 Å². The van der Waals surface area contributed by atoms with Crippen LogP contribution in [0, 0.1) is 0 Å². The van der Waals surface area contributed by atoms with Gasteiger partial charge in [-0.2, -0.15) is 4.31 Å². The van der Waals surface area contributed by atoms with Gasteiger partial charge in [-0.1, -0.05) is 0 Å². The number of sulfonamides is 1. The van der Waals surface area contributed by atoms with E-state index in [2.05, 4.69) is 0 Å². The Morgan fingerprint density at radius 3 is 2.06 bits per heavy atom. The third kappa shape index (κ3) is 3.39. The molecule has 0 atom stereocenters. The van der Waals surface area contributed by atoms with Gasteiger partial charge >= 0.3 is 0 Å². The summed E-state index contributed by atoms with van der Waals surface area (Å²) < 4.78 is 30.5. The van der Waals surface area contributed by atoms with Gasteiger partial charge in [-0.15, -0.1) is 0 Å². The van der Waals surface area contributed by atoms with Crippen LogP contribution in [0.3, 0.4) is 0 Å². The van der Waals surface area contributed by atoms with Gasteiger partial charge in [0.15, 0.2) is 0 Å². The van der Waals surface area contributed by atoms with Crippen LogP contribution in [0.2, 0.25) is 0 Å². The predicted octanol–water partition coefficient (Wildman–Crippen LogP) is -1.22. The first-order valence-electron chi connectivity index (χ1n) is 5.41. The number of rotatable bonds is 6. The summed E-state index contributed by atoms with van der Waals surface area (Å²) in [5.41, 5.74) is 0. The molecule has 1 saturated heterocycles. The van der Waals surface area contributed by atoms with Crippen molar-refractivity contribution in [2.24, 2.45) is 0 Å². The number of nitrogens with zero attached hydrogens (tertiary/aromatic N) is 1. The minimum atomic E-state index is -3.42. The lowest BCUT2D eigenvalue weighted by Gasteiger charge is -2.28. The van der Waals surface area contributed by atoms with Gasteiger partial charge in [-0.25, -0.2) is 8.42 Å². The molecule has 0 saturated carbocycles. The SMILES string of the molecule is O=S(=O)(C1CCOCC1)N(CCO)CCO. The average Bonchev–Trinajstić information content (AvgIpc) is 2.30. The minimum Gasteiger partial charge on any atom is -0.395 e. The summed E-state index contributed by atoms with van der Waals surface area (Å²) in [5, 5.41) is 17.2. The van der Waals surface area contributed by atoms with Crippen LogP contribution in [0.15, 0.2) is 0 Å². The van der Waals surface area contributed by atoms with Crippen molar-refractivity contribution >= 4 is 10.0 Å². The summed E-state index contributed by atoms with van der Waals surface area (Å²) in [5.74, 6) is 0. The number of aliphatic hydroxyl groups is 2. The Balaban J connectivity index is 2.70. The zero-order valence-corrected chi connectivity index (χ0v) is 10.0. The molecule has 0 aromatic carbocycles. The van der Waals surface area contributed by atoms with Crippen molar-refractivity contribution in [3.05, 3.63) is 0 Å². The van der Waals surface area contributed by atoms with Crippen molar-refractivity contribution in [2.45, 2.75) is 18.1 Å². The fourth-order valence-electron chi connectivity index (χ4n) is 1.77. The zero-order valence-electron chi connectivity index (χ0n) is 9.21. The smallest absolute Gasteiger partial charge is 0.217 e. The summed E-state index contributed by atoms with van der Waals surface area (Å²) in [6, 6.07) is 0. The molecule has 0 aromatic heterocycles. The molecule has 1 aliphatic rings. The standard InChI is InChI=1S/C9H19NO5S/c11-5-3-10(4-6-12)16(13,14)9-1-7-15-8-2-9/h9,11-12H,1-8H2. The fourth-order valence-corrected chi connectivity index (χ4v) is 3.66. The van der Waals surface area contributed by atoms with Crippen LogP contribution in [0.25, 0.3) is 0 Å². The van der Waals surface area contributed by atoms with Crippen molar-refractivity contribution in [3.63, 3.8) is 0 Å². The average molecular weight is 253 g/mol. The van der Waals surface area contributed by atoms with E-state index in [1.807, 2.05) is 0 Å². The third-order valence-electron chi connectivity index (χ3n) is 2.65. The lowest BCUT2D eigenvalue weighted by Crippen LogP contribution is -2.43. The first-order chi connectivity index (χ1) is 7.62. The maximum atomic E-state index is 12.1. The molecule has 0 aliphatic carbocycles. The van der Waals surface area contributed by atoms with Crippen molar-refractivity contribution < 1.29 is 23.4 Å². The quantitative estimate of drug-likeness (QED) is 0.620. The van der Waals surface area contributed by atoms with E-state index in [0.29, 0.717) is 26.1 Å². The van der Waals surface area contributed by atoms with E-state index in [9.17, 15) is 8.42 Å². The van der Waals surface area contributed by atoms with Crippen LogP contribution in [0.1, 0.15) is 12.8 Å². The van der Waals surface area contributed by atoms with Gasteiger partial charge in [0.25, 0.3) is 0 Å². The molecule has 0 bridgehead atoms. The Morgan fingerprint density at radius 2 is 1.62 bits per heavy atom. The van der Waals surface area contributed by atoms with Gasteiger partial charge < -0.3 is 14.9 Å². The van der Waals surface area contributed by atoms with E-state index in [4.69, 9.17) is 14.9 Å². The Kier molecular flexibility index (Phi) is 5.63. The molecule has 16 heavy (non-hydrogen) atoms. The van der Waals surface area contributed by atoms with Crippen molar-refractivity contribution in [2.75, 3.05) is 39.5 Å². The van der Waals surface area contributed by atoms with Crippen LogP contribution in [0.5, 0.6) is 0 Å². The van der Waals surface area contributed by atoms with E-state index < -0.39 is 15.3 Å². The van der Waals surface area contributed by atoms with Crippen molar-refractivity contribution in [3.8, 4) is 0 Å². The first kappa shape index (κ1) is 13.9. The summed E-state index contributed by atoms with van der Waals surface area (Å²) in [6.45, 7) is 0.525. The van der Waals surface area contributed by atoms with E-state index in [0.717, 1.165) is 4.31 Å². The number of aliphatic hydroxyl groups excluding tert-OH is 2. The molecule has 2 N–H and O–H groups in total. The van der Waals surface area contributed by atoms with Crippen LogP contribution in [0.4, 0.5) is 0 Å². The summed E-state index contributed by atoms with van der Waals surface area (Å²) in [6.07, 6.45) is 0.964. The number of hydrogen-bond acceptors (Lipinski definition) is 5. The molecule has 0 spiro atoms. The van der Waals surface area contributed by atoms with Crippen LogP contribution >= 0.6 is 0 Å². The maximum Gasteiger partial charge on any atom is 0.217 e. The van der Waals surface area contributed by atoms with Crippen molar-refractivity contribution in [1.82, 2.24) is 4.31 Å². The van der Waals surface area contributed by atoms with Crippen LogP contribution in [-0.2, 0) is 14.8 Å². The lowest BCUT2D eigenvalue weighted by molar-refractivity contribution is 0.0967. The summed E-state index contributed by atoms with van der Waals surface area (Å²) in [7, 11) is -3.42. The summed E-state index contributed by atoms with van der Waals surface area (Å²) >= 11 is 0. The predicted molar refractivity (Wildman–Crippen MR) is 58.5 cm³/mol. The van der Waals surface area contributed by atoms with Gasteiger partial charge in [-0.05, 0) is 12.8 Å². The van der Waals surface area contributed by atoms with E-state index >= 15 is 0 Å². The Hall–Kier alpha value is -0.210. The highest BCUT2D eigenvalue weighted by atomic mass is 32.2. The highest BCUT2D eigenvalue weighted by Crippen LogP contribution is 2.19. The Bertz CT molecular complexity index is 280. The van der Waals surface area contributed by atoms with Gasteiger partial charge in [0.1, 0.15) is 0 Å². The molecule has 1 aliphatic heterocycles. The van der Waals surface area contributed by atoms with E-state index in [-0.39, 0.29) is 26.3 Å². The molecule has 0 radical (unpaired) electrons. The van der Waals surface area contributed by atoms with Gasteiger partial charge in [-0.3, -0.25) is 0 Å². The molecule has 1 heterocycles. The minimum absolute atomic E-state index is 0.0419. The number of ether oxygens (including phenoxy) is 1. The zero-order chi connectivity index (χ0) is 12.0. The summed E-state index contributed by atoms with van der Waals surface area (Å²) in [4.78, 5) is 0. The van der Waals surface area contributed by atoms with Gasteiger partial charge in [0.05, 0.1) is 18.5 Å². The number of hydrogen-bond donors (Lipinski definition) is 2. The molecule has 96 valence electrons. The van der Waals surface area contributed by atoms with Crippen LogP contribution in [-0.4, -0.2) is 67.7 Å². The second-order valence-corrected chi connectivity index (χ2v) is 5.92. The van der Waals surface area contributed by atoms with Gasteiger partial charge in [0.2, 0.25) is 10.0 Å². The molecule has 1 fully saturated rings. The molecule has 0 unspecified atom stereocenters. The van der Waals surface area contributed by atoms with Crippen LogP contribution < -0.4 is 0 Å². The Labute approximate surface area is 95.9 Å². The fraction of sp³-hybridized carbons (Fsp3) is 1.00.